The Hall–Kier alpha value is -1.30. The van der Waals surface area contributed by atoms with E-state index < -0.39 is 6.10 Å². The quantitative estimate of drug-likeness (QED) is 0.638. The van der Waals surface area contributed by atoms with Crippen molar-refractivity contribution in [1.29, 1.82) is 0 Å². The summed E-state index contributed by atoms with van der Waals surface area (Å²) < 4.78 is 11.4. The number of benzene rings is 1. The Morgan fingerprint density at radius 1 is 1.07 bits per heavy atom. The van der Waals surface area contributed by atoms with Crippen LogP contribution in [0.3, 0.4) is 0 Å². The second-order valence-electron chi connectivity index (χ2n) is 8.54. The second-order valence-corrected chi connectivity index (χ2v) is 8.54. The van der Waals surface area contributed by atoms with Gasteiger partial charge in [-0.25, -0.2) is 0 Å². The van der Waals surface area contributed by atoms with Crippen LogP contribution in [0.15, 0.2) is 18.2 Å². The van der Waals surface area contributed by atoms with Crippen molar-refractivity contribution in [1.82, 2.24) is 10.2 Å². The summed E-state index contributed by atoms with van der Waals surface area (Å²) in [6.45, 7) is 1.79. The lowest BCUT2D eigenvalue weighted by Gasteiger charge is -2.32. The molecule has 0 amide bonds. The molecule has 0 heterocycles. The topological polar surface area (TPSA) is 54.0 Å². The molecule has 2 aliphatic rings. The smallest absolute Gasteiger partial charge is 0.161 e. The summed E-state index contributed by atoms with van der Waals surface area (Å²) in [5, 5.41) is 14.0. The van der Waals surface area contributed by atoms with Gasteiger partial charge < -0.3 is 24.8 Å². The summed E-state index contributed by atoms with van der Waals surface area (Å²) in [4.78, 5) is 2.29. The van der Waals surface area contributed by atoms with Crippen molar-refractivity contribution in [3.8, 4) is 11.5 Å². The van der Waals surface area contributed by atoms with Crippen molar-refractivity contribution in [3.05, 3.63) is 23.8 Å². The fourth-order valence-corrected chi connectivity index (χ4v) is 4.58. The van der Waals surface area contributed by atoms with E-state index >= 15 is 0 Å². The van der Waals surface area contributed by atoms with Crippen LogP contribution in [0, 0.1) is 0 Å². The highest BCUT2D eigenvalue weighted by atomic mass is 16.5. The number of rotatable bonds is 10. The first-order valence-corrected chi connectivity index (χ1v) is 11.1. The summed E-state index contributed by atoms with van der Waals surface area (Å²) in [5.41, 5.74) is 1.20. The standard InChI is InChI=1S/C23H38N2O3/c1-25(20-10-4-3-5-11-20)16-21(26)17-28-22-13-12-18(14-23(22)27-2)15-24-19-8-6-7-9-19/h12-14,19-21,24,26H,3-11,15-17H2,1-2H3. The Balaban J connectivity index is 1.45. The van der Waals surface area contributed by atoms with Gasteiger partial charge in [0, 0.05) is 25.2 Å². The van der Waals surface area contributed by atoms with Crippen molar-refractivity contribution >= 4 is 0 Å². The van der Waals surface area contributed by atoms with Crippen LogP contribution in [-0.4, -0.2) is 55.5 Å². The number of hydrogen-bond acceptors (Lipinski definition) is 5. The Morgan fingerprint density at radius 3 is 2.50 bits per heavy atom. The van der Waals surface area contributed by atoms with Crippen LogP contribution in [-0.2, 0) is 6.54 Å². The molecule has 0 saturated heterocycles. The van der Waals surface area contributed by atoms with E-state index in [-0.39, 0.29) is 6.61 Å². The van der Waals surface area contributed by atoms with Gasteiger partial charge >= 0.3 is 0 Å². The van der Waals surface area contributed by atoms with Gasteiger partial charge in [-0.2, -0.15) is 0 Å². The third-order valence-corrected chi connectivity index (χ3v) is 6.31. The fraction of sp³-hybridized carbons (Fsp3) is 0.739. The summed E-state index contributed by atoms with van der Waals surface area (Å²) in [5.74, 6) is 1.44. The van der Waals surface area contributed by atoms with Gasteiger partial charge in [-0.1, -0.05) is 38.2 Å². The molecule has 0 aliphatic heterocycles. The highest BCUT2D eigenvalue weighted by Crippen LogP contribution is 2.29. The van der Waals surface area contributed by atoms with E-state index in [1.165, 1.54) is 63.4 Å². The minimum atomic E-state index is -0.500. The fourth-order valence-electron chi connectivity index (χ4n) is 4.58. The molecule has 1 aromatic rings. The zero-order chi connectivity index (χ0) is 19.8. The number of nitrogens with zero attached hydrogens (tertiary/aromatic N) is 1. The monoisotopic (exact) mass is 390 g/mol. The lowest BCUT2D eigenvalue weighted by Crippen LogP contribution is -2.40. The predicted molar refractivity (Wildman–Crippen MR) is 113 cm³/mol. The van der Waals surface area contributed by atoms with E-state index in [4.69, 9.17) is 9.47 Å². The number of methoxy groups -OCH3 is 1. The predicted octanol–water partition coefficient (Wildman–Crippen LogP) is 3.73. The van der Waals surface area contributed by atoms with E-state index in [1.807, 2.05) is 12.1 Å². The summed E-state index contributed by atoms with van der Waals surface area (Å²) in [6, 6.07) is 7.34. The van der Waals surface area contributed by atoms with Crippen molar-refractivity contribution in [2.45, 2.75) is 82.5 Å². The van der Waals surface area contributed by atoms with Crippen LogP contribution in [0.1, 0.15) is 63.4 Å². The van der Waals surface area contributed by atoms with E-state index in [0.717, 1.165) is 12.3 Å². The molecule has 0 radical (unpaired) electrons. The number of nitrogens with one attached hydrogen (secondary N) is 1. The van der Waals surface area contributed by atoms with E-state index in [9.17, 15) is 5.11 Å². The SMILES string of the molecule is COc1cc(CNC2CCCC2)ccc1OCC(O)CN(C)C1CCCCC1. The normalized spacial score (nSPS) is 19.9. The lowest BCUT2D eigenvalue weighted by molar-refractivity contribution is 0.0553. The molecule has 1 unspecified atom stereocenters. The van der Waals surface area contributed by atoms with E-state index in [1.54, 1.807) is 7.11 Å². The molecule has 5 heteroatoms. The maximum Gasteiger partial charge on any atom is 0.161 e. The molecule has 158 valence electrons. The largest absolute Gasteiger partial charge is 0.493 e. The zero-order valence-electron chi connectivity index (χ0n) is 17.7. The van der Waals surface area contributed by atoms with Gasteiger partial charge in [0.15, 0.2) is 11.5 Å². The first kappa shape index (κ1) is 21.4. The molecular formula is C23H38N2O3. The van der Waals surface area contributed by atoms with E-state index in [2.05, 4.69) is 23.3 Å². The highest BCUT2D eigenvalue weighted by molar-refractivity contribution is 5.43. The Kier molecular flexibility index (Phi) is 8.44. The van der Waals surface area contributed by atoms with Gasteiger partial charge in [-0.05, 0) is 50.4 Å². The molecule has 28 heavy (non-hydrogen) atoms. The number of likely N-dealkylation sites (N-methyl/N-ethyl adjacent to an activating group) is 1. The number of hydrogen-bond donors (Lipinski definition) is 2. The maximum absolute atomic E-state index is 10.4. The number of aliphatic hydroxyl groups excluding tert-OH is 1. The molecule has 2 aliphatic carbocycles. The van der Waals surface area contributed by atoms with Gasteiger partial charge in [0.1, 0.15) is 12.7 Å². The molecule has 5 nitrogen and oxygen atoms in total. The Bertz CT molecular complexity index is 583. The molecule has 2 saturated carbocycles. The summed E-state index contributed by atoms with van der Waals surface area (Å²) in [7, 11) is 3.79. The minimum absolute atomic E-state index is 0.285. The molecular weight excluding hydrogens is 352 g/mol. The molecule has 2 fully saturated rings. The van der Waals surface area contributed by atoms with Crippen LogP contribution in [0.2, 0.25) is 0 Å². The molecule has 0 aromatic heterocycles. The van der Waals surface area contributed by atoms with Gasteiger partial charge in [0.25, 0.3) is 0 Å². The van der Waals surface area contributed by atoms with Crippen molar-refractivity contribution in [2.75, 3.05) is 27.3 Å². The average Bonchev–Trinajstić information content (AvgIpc) is 3.25. The highest BCUT2D eigenvalue weighted by Gasteiger charge is 2.20. The van der Waals surface area contributed by atoms with Gasteiger partial charge in [-0.3, -0.25) is 0 Å². The van der Waals surface area contributed by atoms with Crippen LogP contribution >= 0.6 is 0 Å². The molecule has 2 N–H and O–H groups in total. The van der Waals surface area contributed by atoms with Gasteiger partial charge in [0.05, 0.1) is 7.11 Å². The van der Waals surface area contributed by atoms with Crippen LogP contribution < -0.4 is 14.8 Å². The van der Waals surface area contributed by atoms with Crippen molar-refractivity contribution < 1.29 is 14.6 Å². The lowest BCUT2D eigenvalue weighted by atomic mass is 9.94. The van der Waals surface area contributed by atoms with Crippen molar-refractivity contribution in [2.24, 2.45) is 0 Å². The van der Waals surface area contributed by atoms with Crippen LogP contribution in [0.5, 0.6) is 11.5 Å². The summed E-state index contributed by atoms with van der Waals surface area (Å²) in [6.07, 6.45) is 11.2. The second kappa shape index (κ2) is 11.0. The molecule has 3 rings (SSSR count). The average molecular weight is 391 g/mol. The zero-order valence-corrected chi connectivity index (χ0v) is 17.7. The third kappa shape index (κ3) is 6.36. The van der Waals surface area contributed by atoms with E-state index in [0.29, 0.717) is 24.4 Å². The van der Waals surface area contributed by atoms with Crippen LogP contribution in [0.4, 0.5) is 0 Å². The first-order valence-electron chi connectivity index (χ1n) is 11.1. The van der Waals surface area contributed by atoms with Gasteiger partial charge in [-0.15, -0.1) is 0 Å². The number of ether oxygens (including phenoxy) is 2. The molecule has 0 bridgehead atoms. The molecule has 0 spiro atoms. The van der Waals surface area contributed by atoms with Crippen molar-refractivity contribution in [3.63, 3.8) is 0 Å². The summed E-state index contributed by atoms with van der Waals surface area (Å²) >= 11 is 0. The van der Waals surface area contributed by atoms with Crippen LogP contribution in [0.25, 0.3) is 0 Å². The Labute approximate surface area is 170 Å². The Morgan fingerprint density at radius 2 is 1.79 bits per heavy atom. The maximum atomic E-state index is 10.4. The third-order valence-electron chi connectivity index (χ3n) is 6.31. The first-order chi connectivity index (χ1) is 13.7. The molecule has 1 atom stereocenters. The minimum Gasteiger partial charge on any atom is -0.493 e. The number of aliphatic hydroxyl groups is 1. The van der Waals surface area contributed by atoms with Gasteiger partial charge in [0.2, 0.25) is 0 Å². The molecule has 1 aromatic carbocycles.